The Kier molecular flexibility index (Phi) is 4.41. The Morgan fingerprint density at radius 3 is 2.46 bits per heavy atom. The highest BCUT2D eigenvalue weighted by Crippen LogP contribution is 2.30. The van der Waals surface area contributed by atoms with Gasteiger partial charge in [-0.1, -0.05) is 42.5 Å². The van der Waals surface area contributed by atoms with Crippen molar-refractivity contribution in [2.75, 3.05) is 7.05 Å². The summed E-state index contributed by atoms with van der Waals surface area (Å²) in [6.07, 6.45) is 0.147. The fourth-order valence-corrected chi connectivity index (χ4v) is 2.82. The maximum Gasteiger partial charge on any atom is 0.177 e. The van der Waals surface area contributed by atoms with Crippen LogP contribution in [-0.4, -0.2) is 17.8 Å². The van der Waals surface area contributed by atoms with E-state index in [1.807, 2.05) is 43.4 Å². The van der Waals surface area contributed by atoms with Crippen molar-refractivity contribution < 1.29 is 9.18 Å². The van der Waals surface area contributed by atoms with Crippen LogP contribution in [0, 0.1) is 17.1 Å². The van der Waals surface area contributed by atoms with Gasteiger partial charge in [0.15, 0.2) is 5.78 Å². The monoisotopic (exact) mass is 321 g/mol. The highest BCUT2D eigenvalue weighted by Gasteiger charge is 2.29. The van der Waals surface area contributed by atoms with E-state index < -0.39 is 0 Å². The van der Waals surface area contributed by atoms with Crippen LogP contribution in [0.4, 0.5) is 4.39 Å². The SMILES string of the molecule is CN1NC(c2ccccc2)=C(C#N)C(=O)CC1c1ccc(F)cc1. The molecule has 0 amide bonds. The average Bonchev–Trinajstić information content (AvgIpc) is 2.73. The number of nitrogens with one attached hydrogen (secondary N) is 1. The number of hydrogen-bond donors (Lipinski definition) is 1. The van der Waals surface area contributed by atoms with Gasteiger partial charge in [0.2, 0.25) is 0 Å². The van der Waals surface area contributed by atoms with Crippen molar-refractivity contribution in [1.29, 1.82) is 5.26 Å². The molecule has 1 atom stereocenters. The molecule has 3 rings (SSSR count). The van der Waals surface area contributed by atoms with Gasteiger partial charge in [0.1, 0.15) is 17.5 Å². The van der Waals surface area contributed by atoms with Crippen molar-refractivity contribution in [2.45, 2.75) is 12.5 Å². The molecule has 1 unspecified atom stereocenters. The molecular formula is C19H16FN3O. The number of benzene rings is 2. The molecular weight excluding hydrogens is 305 g/mol. The van der Waals surface area contributed by atoms with E-state index in [2.05, 4.69) is 5.43 Å². The number of hydrazine groups is 1. The summed E-state index contributed by atoms with van der Waals surface area (Å²) < 4.78 is 13.2. The van der Waals surface area contributed by atoms with Gasteiger partial charge in [0, 0.05) is 19.0 Å². The Bertz CT molecular complexity index is 822. The normalized spacial score (nSPS) is 18.7. The van der Waals surface area contributed by atoms with Crippen molar-refractivity contribution in [3.05, 3.63) is 77.1 Å². The van der Waals surface area contributed by atoms with Crippen LogP contribution in [-0.2, 0) is 4.79 Å². The summed E-state index contributed by atoms with van der Waals surface area (Å²) in [6, 6.07) is 17.1. The number of carbonyl (C=O) groups is 1. The molecule has 0 saturated carbocycles. The summed E-state index contributed by atoms with van der Waals surface area (Å²) in [4.78, 5) is 12.6. The lowest BCUT2D eigenvalue weighted by Crippen LogP contribution is -2.35. The Hall–Kier alpha value is -2.97. The van der Waals surface area contributed by atoms with E-state index in [4.69, 9.17) is 0 Å². The molecule has 0 bridgehead atoms. The minimum absolute atomic E-state index is 0.109. The van der Waals surface area contributed by atoms with Crippen LogP contribution in [0.5, 0.6) is 0 Å². The quantitative estimate of drug-likeness (QED) is 0.923. The number of halogens is 1. The van der Waals surface area contributed by atoms with E-state index in [9.17, 15) is 14.4 Å². The van der Waals surface area contributed by atoms with E-state index in [1.54, 1.807) is 17.1 Å². The highest BCUT2D eigenvalue weighted by molar-refractivity contribution is 6.06. The molecule has 0 fully saturated rings. The Morgan fingerprint density at radius 1 is 1.17 bits per heavy atom. The van der Waals surface area contributed by atoms with Crippen molar-refractivity contribution in [1.82, 2.24) is 10.4 Å². The van der Waals surface area contributed by atoms with Gasteiger partial charge in [-0.05, 0) is 17.7 Å². The van der Waals surface area contributed by atoms with E-state index in [0.29, 0.717) is 5.70 Å². The second-order valence-corrected chi connectivity index (χ2v) is 5.65. The first-order chi connectivity index (χ1) is 11.6. The summed E-state index contributed by atoms with van der Waals surface area (Å²) >= 11 is 0. The molecule has 0 saturated heterocycles. The van der Waals surface area contributed by atoms with Crippen molar-refractivity contribution in [2.24, 2.45) is 0 Å². The molecule has 1 heterocycles. The molecule has 1 aliphatic heterocycles. The fourth-order valence-electron chi connectivity index (χ4n) is 2.82. The minimum Gasteiger partial charge on any atom is -0.317 e. The summed E-state index contributed by atoms with van der Waals surface area (Å²) in [6.45, 7) is 0. The second kappa shape index (κ2) is 6.65. The fraction of sp³-hybridized carbons (Fsp3) is 0.158. The molecule has 2 aromatic carbocycles. The number of carbonyl (C=O) groups excluding carboxylic acids is 1. The van der Waals surface area contributed by atoms with Crippen LogP contribution in [0.1, 0.15) is 23.6 Å². The van der Waals surface area contributed by atoms with Crippen molar-refractivity contribution in [3.63, 3.8) is 0 Å². The number of allylic oxidation sites excluding steroid dienone is 1. The molecule has 5 heteroatoms. The maximum atomic E-state index is 13.2. The Labute approximate surface area is 139 Å². The third-order valence-electron chi connectivity index (χ3n) is 4.09. The lowest BCUT2D eigenvalue weighted by molar-refractivity contribution is -0.116. The van der Waals surface area contributed by atoms with Gasteiger partial charge in [0.05, 0.1) is 11.7 Å². The molecule has 120 valence electrons. The Morgan fingerprint density at radius 2 is 1.83 bits per heavy atom. The van der Waals surface area contributed by atoms with Crippen LogP contribution in [0.15, 0.2) is 60.2 Å². The smallest absolute Gasteiger partial charge is 0.177 e. The van der Waals surface area contributed by atoms with Crippen LogP contribution in [0.2, 0.25) is 0 Å². The first-order valence-corrected chi connectivity index (χ1v) is 7.58. The third-order valence-corrected chi connectivity index (χ3v) is 4.09. The lowest BCUT2D eigenvalue weighted by Gasteiger charge is -2.27. The van der Waals surface area contributed by atoms with Crippen LogP contribution in [0.25, 0.3) is 5.70 Å². The number of Topliss-reactive ketones (excluding diaryl/α,β-unsaturated/α-hetero) is 1. The van der Waals surface area contributed by atoms with Gasteiger partial charge < -0.3 is 5.43 Å². The first-order valence-electron chi connectivity index (χ1n) is 7.58. The lowest BCUT2D eigenvalue weighted by atomic mass is 9.97. The van der Waals surface area contributed by atoms with Crippen LogP contribution < -0.4 is 5.43 Å². The molecule has 4 nitrogen and oxygen atoms in total. The maximum absolute atomic E-state index is 13.2. The number of hydrogen-bond acceptors (Lipinski definition) is 4. The van der Waals surface area contributed by atoms with Gasteiger partial charge in [-0.25, -0.2) is 9.40 Å². The highest BCUT2D eigenvalue weighted by atomic mass is 19.1. The van der Waals surface area contributed by atoms with Gasteiger partial charge in [-0.3, -0.25) is 4.79 Å². The molecule has 0 radical (unpaired) electrons. The van der Waals surface area contributed by atoms with Crippen LogP contribution in [0.3, 0.4) is 0 Å². The van der Waals surface area contributed by atoms with Gasteiger partial charge in [-0.15, -0.1) is 0 Å². The summed E-state index contributed by atoms with van der Waals surface area (Å²) in [5.41, 5.74) is 5.35. The molecule has 1 aliphatic rings. The van der Waals surface area contributed by atoms with Crippen LogP contribution >= 0.6 is 0 Å². The molecule has 1 N–H and O–H groups in total. The number of nitriles is 1. The first kappa shape index (κ1) is 15.9. The van der Waals surface area contributed by atoms with Gasteiger partial charge in [-0.2, -0.15) is 5.26 Å². The minimum atomic E-state index is -0.324. The Balaban J connectivity index is 2.00. The van der Waals surface area contributed by atoms with E-state index in [0.717, 1.165) is 11.1 Å². The largest absolute Gasteiger partial charge is 0.317 e. The molecule has 0 aromatic heterocycles. The summed E-state index contributed by atoms with van der Waals surface area (Å²) in [7, 11) is 1.81. The van der Waals surface area contributed by atoms with E-state index >= 15 is 0 Å². The zero-order valence-corrected chi connectivity index (χ0v) is 13.2. The molecule has 24 heavy (non-hydrogen) atoms. The zero-order valence-electron chi connectivity index (χ0n) is 13.2. The molecule has 0 spiro atoms. The summed E-state index contributed by atoms with van der Waals surface area (Å²) in [5, 5.41) is 11.3. The zero-order chi connectivity index (χ0) is 17.1. The second-order valence-electron chi connectivity index (χ2n) is 5.65. The predicted octanol–water partition coefficient (Wildman–Crippen LogP) is 3.21. The van der Waals surface area contributed by atoms with Gasteiger partial charge in [0.25, 0.3) is 0 Å². The van der Waals surface area contributed by atoms with Crippen molar-refractivity contribution >= 4 is 11.5 Å². The molecule has 0 aliphatic carbocycles. The topological polar surface area (TPSA) is 56.1 Å². The van der Waals surface area contributed by atoms with Crippen molar-refractivity contribution in [3.8, 4) is 6.07 Å². The van der Waals surface area contributed by atoms with E-state index in [-0.39, 0.29) is 29.6 Å². The number of rotatable bonds is 2. The van der Waals surface area contributed by atoms with Gasteiger partial charge >= 0.3 is 0 Å². The third kappa shape index (κ3) is 3.05. The molecule has 2 aromatic rings. The summed E-state index contributed by atoms with van der Waals surface area (Å²) in [5.74, 6) is -0.558. The standard InChI is InChI=1S/C19H16FN3O/c1-23-17(13-7-9-15(20)10-8-13)11-18(24)16(12-21)19(22-23)14-5-3-2-4-6-14/h2-10,17,22H,11H2,1H3. The number of nitrogens with zero attached hydrogens (tertiary/aromatic N) is 2. The predicted molar refractivity (Wildman–Crippen MR) is 88.6 cm³/mol. The van der Waals surface area contributed by atoms with E-state index in [1.165, 1.54) is 12.1 Å². The number of ketones is 1. The average molecular weight is 321 g/mol.